The van der Waals surface area contributed by atoms with Crippen molar-refractivity contribution >= 4 is 27.9 Å². The molecule has 7 heteroatoms. The van der Waals surface area contributed by atoms with E-state index in [9.17, 15) is 10.1 Å². The van der Waals surface area contributed by atoms with E-state index in [1.165, 1.54) is 41.4 Å². The number of aromatic nitrogens is 2. The van der Waals surface area contributed by atoms with Crippen molar-refractivity contribution in [2.45, 2.75) is 39.0 Å². The topological polar surface area (TPSA) is 72.5 Å². The molecule has 0 saturated heterocycles. The highest BCUT2D eigenvalue weighted by Crippen LogP contribution is 2.31. The number of hydrogen-bond acceptors (Lipinski definition) is 5. The van der Waals surface area contributed by atoms with Gasteiger partial charge in [0.2, 0.25) is 5.82 Å². The quantitative estimate of drug-likeness (QED) is 0.671. The number of rotatable bonds is 5. The lowest BCUT2D eigenvalue weighted by molar-refractivity contribution is -0.389. The summed E-state index contributed by atoms with van der Waals surface area (Å²) in [4.78, 5) is 15.8. The number of hydrogen-bond donors (Lipinski definition) is 1. The molecule has 0 radical (unpaired) electrons. The lowest BCUT2D eigenvalue weighted by Gasteiger charge is -2.26. The Morgan fingerprint density at radius 1 is 1.57 bits per heavy atom. The summed E-state index contributed by atoms with van der Waals surface area (Å²) in [6.45, 7) is 3.07. The molecule has 3 rings (SSSR count). The number of fused-ring (bicyclic) bond motifs is 1. The summed E-state index contributed by atoms with van der Waals surface area (Å²) < 4.78 is 1.54. The summed E-state index contributed by atoms with van der Waals surface area (Å²) in [6, 6.07) is 0. The van der Waals surface area contributed by atoms with Crippen LogP contribution < -0.4 is 5.32 Å². The van der Waals surface area contributed by atoms with Gasteiger partial charge in [-0.1, -0.05) is 37.5 Å². The number of nitrogens with one attached hydrogen (secondary N) is 1. The Labute approximate surface area is 127 Å². The zero-order valence-corrected chi connectivity index (χ0v) is 12.9. The molecule has 0 bridgehead atoms. The lowest BCUT2D eigenvalue weighted by atomic mass is 9.81. The first-order chi connectivity index (χ1) is 10.1. The maximum absolute atomic E-state index is 11.2. The summed E-state index contributed by atoms with van der Waals surface area (Å²) in [6.07, 6.45) is 7.97. The molecule has 114 valence electrons. The predicted octanol–water partition coefficient (Wildman–Crippen LogP) is 3.93. The highest BCUT2D eigenvalue weighted by Gasteiger charge is 2.24. The van der Waals surface area contributed by atoms with Gasteiger partial charge in [0, 0.05) is 11.9 Å². The summed E-state index contributed by atoms with van der Waals surface area (Å²) >= 11 is 1.41. The van der Waals surface area contributed by atoms with Gasteiger partial charge in [0.1, 0.15) is 6.20 Å². The minimum absolute atomic E-state index is 0.0447. The van der Waals surface area contributed by atoms with Crippen LogP contribution in [0.4, 0.5) is 11.6 Å². The molecule has 0 spiro atoms. The van der Waals surface area contributed by atoms with E-state index >= 15 is 0 Å². The van der Waals surface area contributed by atoms with Gasteiger partial charge in [-0.05, 0) is 29.6 Å². The highest BCUT2D eigenvalue weighted by atomic mass is 32.1. The van der Waals surface area contributed by atoms with E-state index in [0.29, 0.717) is 10.8 Å². The summed E-state index contributed by atoms with van der Waals surface area (Å²) in [5.74, 6) is 2.00. The van der Waals surface area contributed by atoms with Crippen LogP contribution >= 0.6 is 11.3 Å². The monoisotopic (exact) mass is 308 g/mol. The molecule has 2 aromatic heterocycles. The van der Waals surface area contributed by atoms with Crippen LogP contribution in [0.2, 0.25) is 0 Å². The van der Waals surface area contributed by atoms with Crippen LogP contribution in [-0.2, 0) is 0 Å². The molecule has 1 saturated carbocycles. The first kappa shape index (κ1) is 14.3. The van der Waals surface area contributed by atoms with Gasteiger partial charge in [-0.2, -0.15) is 9.38 Å². The van der Waals surface area contributed by atoms with E-state index in [0.717, 1.165) is 24.8 Å². The third-order valence-electron chi connectivity index (χ3n) is 4.30. The largest absolute Gasteiger partial charge is 0.372 e. The van der Waals surface area contributed by atoms with Crippen molar-refractivity contribution in [2.24, 2.45) is 11.8 Å². The SMILES string of the molecule is CC1CCCC(CCNc2nc3sccn3c2[N+](=O)[O-])C1. The zero-order chi connectivity index (χ0) is 14.8. The molecule has 1 aliphatic rings. The molecule has 2 atom stereocenters. The van der Waals surface area contributed by atoms with Crippen molar-refractivity contribution in [1.82, 2.24) is 9.38 Å². The van der Waals surface area contributed by atoms with E-state index < -0.39 is 0 Å². The number of nitrogens with zero attached hydrogens (tertiary/aromatic N) is 3. The van der Waals surface area contributed by atoms with Crippen LogP contribution in [0.1, 0.15) is 39.0 Å². The molecular weight excluding hydrogens is 288 g/mol. The van der Waals surface area contributed by atoms with Crippen molar-refractivity contribution in [3.63, 3.8) is 0 Å². The second-order valence-corrected chi connectivity index (χ2v) is 6.82. The van der Waals surface area contributed by atoms with Crippen molar-refractivity contribution in [3.05, 3.63) is 21.7 Å². The standard InChI is InChI=1S/C14H20N4O2S/c1-10-3-2-4-11(9-10)5-6-15-12-13(18(19)20)17-7-8-21-14(17)16-12/h7-8,10-11,15H,2-6,9H2,1H3. The molecule has 2 heterocycles. The van der Waals surface area contributed by atoms with Crippen molar-refractivity contribution in [1.29, 1.82) is 0 Å². The Kier molecular flexibility index (Phi) is 4.10. The van der Waals surface area contributed by atoms with Crippen molar-refractivity contribution in [3.8, 4) is 0 Å². The fraction of sp³-hybridized carbons (Fsp3) is 0.643. The third kappa shape index (κ3) is 3.02. The van der Waals surface area contributed by atoms with Crippen molar-refractivity contribution in [2.75, 3.05) is 11.9 Å². The smallest absolute Gasteiger partial charge is 0.363 e. The van der Waals surface area contributed by atoms with E-state index in [1.807, 2.05) is 5.38 Å². The Morgan fingerprint density at radius 3 is 3.19 bits per heavy atom. The molecule has 6 nitrogen and oxygen atoms in total. The fourth-order valence-corrected chi connectivity index (χ4v) is 3.99. The molecular formula is C14H20N4O2S. The number of nitro groups is 1. The summed E-state index contributed by atoms with van der Waals surface area (Å²) in [5, 5.41) is 16.2. The molecule has 0 amide bonds. The predicted molar refractivity (Wildman–Crippen MR) is 84.0 cm³/mol. The maximum atomic E-state index is 11.2. The minimum Gasteiger partial charge on any atom is -0.363 e. The van der Waals surface area contributed by atoms with Crippen LogP contribution in [0.15, 0.2) is 11.6 Å². The average Bonchev–Trinajstić information content (AvgIpc) is 2.98. The second kappa shape index (κ2) is 6.01. The van der Waals surface area contributed by atoms with Crippen molar-refractivity contribution < 1.29 is 4.92 Å². The fourth-order valence-electron chi connectivity index (χ4n) is 3.28. The summed E-state index contributed by atoms with van der Waals surface area (Å²) in [7, 11) is 0. The van der Waals surface area contributed by atoms with Gasteiger partial charge in [0.25, 0.3) is 4.96 Å². The molecule has 1 fully saturated rings. The molecule has 1 N–H and O–H groups in total. The van der Waals surface area contributed by atoms with Gasteiger partial charge in [0.05, 0.1) is 0 Å². The van der Waals surface area contributed by atoms with E-state index in [-0.39, 0.29) is 10.7 Å². The van der Waals surface area contributed by atoms with Gasteiger partial charge in [0.15, 0.2) is 0 Å². The maximum Gasteiger partial charge on any atom is 0.372 e. The first-order valence-electron chi connectivity index (χ1n) is 7.49. The lowest BCUT2D eigenvalue weighted by Crippen LogP contribution is -2.17. The van der Waals surface area contributed by atoms with Crippen LogP contribution in [0, 0.1) is 22.0 Å². The second-order valence-electron chi connectivity index (χ2n) is 5.95. The Bertz CT molecular complexity index is 636. The molecule has 2 aromatic rings. The van der Waals surface area contributed by atoms with Gasteiger partial charge in [-0.3, -0.25) is 0 Å². The summed E-state index contributed by atoms with van der Waals surface area (Å²) in [5.41, 5.74) is 0. The normalized spacial score (nSPS) is 22.5. The minimum atomic E-state index is -0.363. The van der Waals surface area contributed by atoms with E-state index in [1.54, 1.807) is 6.20 Å². The van der Waals surface area contributed by atoms with E-state index in [4.69, 9.17) is 0 Å². The number of imidazole rings is 1. The Hall–Kier alpha value is -1.63. The first-order valence-corrected chi connectivity index (χ1v) is 8.37. The molecule has 0 aliphatic heterocycles. The average molecular weight is 308 g/mol. The third-order valence-corrected chi connectivity index (χ3v) is 5.06. The van der Waals surface area contributed by atoms with Crippen LogP contribution in [0.25, 0.3) is 4.96 Å². The number of thiazole rings is 1. The molecule has 2 unspecified atom stereocenters. The molecule has 21 heavy (non-hydrogen) atoms. The van der Waals surface area contributed by atoms with Gasteiger partial charge >= 0.3 is 5.82 Å². The van der Waals surface area contributed by atoms with Crippen LogP contribution in [-0.4, -0.2) is 20.9 Å². The van der Waals surface area contributed by atoms with Gasteiger partial charge in [-0.15, -0.1) is 0 Å². The van der Waals surface area contributed by atoms with Gasteiger partial charge < -0.3 is 15.4 Å². The van der Waals surface area contributed by atoms with Crippen LogP contribution in [0.5, 0.6) is 0 Å². The number of anilines is 1. The molecule has 0 aromatic carbocycles. The Balaban J connectivity index is 1.63. The van der Waals surface area contributed by atoms with E-state index in [2.05, 4.69) is 17.2 Å². The Morgan fingerprint density at radius 2 is 2.43 bits per heavy atom. The highest BCUT2D eigenvalue weighted by molar-refractivity contribution is 7.15. The van der Waals surface area contributed by atoms with Crippen LogP contribution in [0.3, 0.4) is 0 Å². The zero-order valence-electron chi connectivity index (χ0n) is 12.1. The van der Waals surface area contributed by atoms with Gasteiger partial charge in [-0.25, -0.2) is 0 Å². The molecule has 1 aliphatic carbocycles.